The number of fused-ring (bicyclic) bond motifs is 1. The summed E-state index contributed by atoms with van der Waals surface area (Å²) in [7, 11) is 4.14. The van der Waals surface area contributed by atoms with Gasteiger partial charge in [-0.15, -0.1) is 0 Å². The van der Waals surface area contributed by atoms with E-state index in [2.05, 4.69) is 23.8 Å². The van der Waals surface area contributed by atoms with Crippen molar-refractivity contribution in [2.45, 2.75) is 57.3 Å². The molecule has 4 nitrogen and oxygen atoms in total. The minimum atomic E-state index is -0.202. The van der Waals surface area contributed by atoms with Gasteiger partial charge in [-0.2, -0.15) is 0 Å². The molecular formula is C21H30FN3O. The van der Waals surface area contributed by atoms with E-state index in [-0.39, 0.29) is 17.1 Å². The van der Waals surface area contributed by atoms with Crippen LogP contribution < -0.4 is 0 Å². The van der Waals surface area contributed by atoms with Crippen molar-refractivity contribution in [2.24, 2.45) is 5.41 Å². The molecule has 3 fully saturated rings. The van der Waals surface area contributed by atoms with Crippen LogP contribution in [-0.4, -0.2) is 65.9 Å². The topological polar surface area (TPSA) is 26.8 Å². The molecule has 0 spiro atoms. The summed E-state index contributed by atoms with van der Waals surface area (Å²) in [6.07, 6.45) is 4.80. The van der Waals surface area contributed by atoms with Crippen LogP contribution in [0.2, 0.25) is 0 Å². The molecule has 2 saturated heterocycles. The lowest BCUT2D eigenvalue weighted by Crippen LogP contribution is -2.59. The quantitative estimate of drug-likeness (QED) is 0.827. The van der Waals surface area contributed by atoms with E-state index in [1.54, 1.807) is 12.1 Å². The lowest BCUT2D eigenvalue weighted by molar-refractivity contribution is -0.140. The number of amides is 1. The third kappa shape index (κ3) is 2.85. The third-order valence-electron chi connectivity index (χ3n) is 7.13. The molecule has 4 rings (SSSR count). The van der Waals surface area contributed by atoms with Gasteiger partial charge in [0.25, 0.3) is 0 Å². The fourth-order valence-electron chi connectivity index (χ4n) is 5.86. The summed E-state index contributed by atoms with van der Waals surface area (Å²) in [6, 6.07) is 8.27. The second-order valence-corrected chi connectivity index (χ2v) is 8.80. The number of hydrogen-bond acceptors (Lipinski definition) is 3. The molecule has 1 aromatic rings. The highest BCUT2D eigenvalue weighted by molar-refractivity contribution is 5.79. The largest absolute Gasteiger partial charge is 0.336 e. The Morgan fingerprint density at radius 3 is 2.81 bits per heavy atom. The monoisotopic (exact) mass is 359 g/mol. The molecule has 4 atom stereocenters. The molecule has 1 amide bonds. The first-order valence-electron chi connectivity index (χ1n) is 9.83. The number of carbonyl (C=O) groups excluding carboxylic acids is 1. The van der Waals surface area contributed by atoms with Crippen LogP contribution >= 0.6 is 0 Å². The zero-order valence-electron chi connectivity index (χ0n) is 16.1. The van der Waals surface area contributed by atoms with Crippen molar-refractivity contribution in [2.75, 3.05) is 27.2 Å². The third-order valence-corrected chi connectivity index (χ3v) is 7.13. The van der Waals surface area contributed by atoms with Gasteiger partial charge in [-0.3, -0.25) is 14.6 Å². The average Bonchev–Trinajstić information content (AvgIpc) is 2.85. The minimum absolute atomic E-state index is 0.195. The van der Waals surface area contributed by atoms with Gasteiger partial charge in [-0.1, -0.05) is 25.1 Å². The fraction of sp³-hybridized carbons (Fsp3) is 0.667. The van der Waals surface area contributed by atoms with Crippen LogP contribution in [0, 0.1) is 11.2 Å². The first kappa shape index (κ1) is 17.9. The van der Waals surface area contributed by atoms with Crippen molar-refractivity contribution in [1.82, 2.24) is 14.7 Å². The molecule has 142 valence electrons. The number of hydrogen-bond donors (Lipinski definition) is 0. The maximum absolute atomic E-state index is 13.9. The Hall–Kier alpha value is -1.46. The summed E-state index contributed by atoms with van der Waals surface area (Å²) >= 11 is 0. The maximum Gasteiger partial charge on any atom is 0.237 e. The number of halogens is 1. The minimum Gasteiger partial charge on any atom is -0.336 e. The highest BCUT2D eigenvalue weighted by atomic mass is 19.1. The van der Waals surface area contributed by atoms with Crippen LogP contribution in [0.25, 0.3) is 0 Å². The van der Waals surface area contributed by atoms with E-state index in [0.717, 1.165) is 13.0 Å². The van der Waals surface area contributed by atoms with Gasteiger partial charge in [0.2, 0.25) is 5.91 Å². The molecule has 2 aliphatic heterocycles. The summed E-state index contributed by atoms with van der Waals surface area (Å²) < 4.78 is 13.9. The van der Waals surface area contributed by atoms with Gasteiger partial charge in [0.15, 0.2) is 0 Å². The number of piperidine rings is 1. The smallest absolute Gasteiger partial charge is 0.237 e. The SMILES string of the molecule is CN(CC(=O)N1C[C@@H]2C[C@@]3(C)[C@H](CCC[C@@H]13)N2C)Cc1ccccc1F. The number of rotatable bonds is 4. The molecule has 2 bridgehead atoms. The van der Waals surface area contributed by atoms with Crippen molar-refractivity contribution < 1.29 is 9.18 Å². The highest BCUT2D eigenvalue weighted by Gasteiger charge is 2.59. The molecule has 1 aliphatic carbocycles. The van der Waals surface area contributed by atoms with Gasteiger partial charge in [0, 0.05) is 42.2 Å². The summed E-state index contributed by atoms with van der Waals surface area (Å²) in [6.45, 7) is 4.04. The number of likely N-dealkylation sites (N-methyl/N-ethyl adjacent to an activating group) is 2. The van der Waals surface area contributed by atoms with Gasteiger partial charge in [-0.25, -0.2) is 4.39 Å². The molecule has 0 N–H and O–H groups in total. The van der Waals surface area contributed by atoms with Crippen LogP contribution in [0.1, 0.15) is 38.2 Å². The van der Waals surface area contributed by atoms with Crippen LogP contribution in [0.4, 0.5) is 4.39 Å². The van der Waals surface area contributed by atoms with E-state index >= 15 is 0 Å². The van der Waals surface area contributed by atoms with Crippen LogP contribution in [-0.2, 0) is 11.3 Å². The predicted molar refractivity (Wildman–Crippen MR) is 100 cm³/mol. The summed E-state index contributed by atoms with van der Waals surface area (Å²) in [5.41, 5.74) is 0.876. The first-order valence-corrected chi connectivity index (χ1v) is 9.83. The molecule has 0 unspecified atom stereocenters. The fourth-order valence-corrected chi connectivity index (χ4v) is 5.86. The van der Waals surface area contributed by atoms with Crippen molar-refractivity contribution in [3.05, 3.63) is 35.6 Å². The molecule has 0 aromatic heterocycles. The number of benzene rings is 1. The van der Waals surface area contributed by atoms with Crippen LogP contribution in [0.15, 0.2) is 24.3 Å². The van der Waals surface area contributed by atoms with Crippen molar-refractivity contribution in [3.8, 4) is 0 Å². The van der Waals surface area contributed by atoms with Gasteiger partial charge in [0.1, 0.15) is 5.82 Å². The van der Waals surface area contributed by atoms with E-state index in [4.69, 9.17) is 0 Å². The van der Waals surface area contributed by atoms with E-state index in [1.165, 1.54) is 25.3 Å². The zero-order chi connectivity index (χ0) is 18.5. The maximum atomic E-state index is 13.9. The van der Waals surface area contributed by atoms with E-state index in [0.29, 0.717) is 36.8 Å². The summed E-state index contributed by atoms with van der Waals surface area (Å²) in [5, 5.41) is 0. The average molecular weight is 359 g/mol. The molecule has 3 aliphatic rings. The van der Waals surface area contributed by atoms with Crippen LogP contribution in [0.3, 0.4) is 0 Å². The lowest BCUT2D eigenvalue weighted by atomic mass is 9.66. The van der Waals surface area contributed by atoms with Gasteiger partial charge >= 0.3 is 0 Å². The van der Waals surface area contributed by atoms with Crippen molar-refractivity contribution in [1.29, 1.82) is 0 Å². The zero-order valence-corrected chi connectivity index (χ0v) is 16.1. The summed E-state index contributed by atoms with van der Waals surface area (Å²) in [5.74, 6) is -0.00668. The normalized spacial score (nSPS) is 33.7. The Labute approximate surface area is 155 Å². The molecule has 26 heavy (non-hydrogen) atoms. The van der Waals surface area contributed by atoms with Crippen molar-refractivity contribution >= 4 is 5.91 Å². The standard InChI is InChI=1S/C21H30FN3O/c1-21-11-16-13-25(19(21)10-6-9-18(21)24(16)3)20(26)14-23(2)12-15-7-4-5-8-17(15)22/h4-5,7-8,16,18-19H,6,9-14H2,1-3H3/t16-,18-,19+,21-/m0/s1. The molecule has 1 aromatic carbocycles. The molecule has 2 heterocycles. The van der Waals surface area contributed by atoms with Gasteiger partial charge in [-0.05, 0) is 45.8 Å². The van der Waals surface area contributed by atoms with Gasteiger partial charge < -0.3 is 4.90 Å². The number of likely N-dealkylation sites (tertiary alicyclic amines) is 2. The Kier molecular flexibility index (Phi) is 4.56. The molecule has 1 saturated carbocycles. The Balaban J connectivity index is 1.46. The first-order chi connectivity index (χ1) is 12.4. The van der Waals surface area contributed by atoms with Gasteiger partial charge in [0.05, 0.1) is 6.54 Å². The second kappa shape index (κ2) is 6.61. The predicted octanol–water partition coefficient (Wildman–Crippen LogP) is 2.73. The number of nitrogens with zero attached hydrogens (tertiary/aromatic N) is 3. The Morgan fingerprint density at radius 1 is 1.31 bits per heavy atom. The lowest BCUT2D eigenvalue weighted by Gasteiger charge is -2.50. The van der Waals surface area contributed by atoms with E-state index < -0.39 is 0 Å². The summed E-state index contributed by atoms with van der Waals surface area (Å²) in [4.78, 5) is 19.7. The van der Waals surface area contributed by atoms with E-state index in [1.807, 2.05) is 18.0 Å². The molecule has 5 heteroatoms. The molecular weight excluding hydrogens is 329 g/mol. The second-order valence-electron chi connectivity index (χ2n) is 8.80. The number of carbonyl (C=O) groups is 1. The van der Waals surface area contributed by atoms with Crippen molar-refractivity contribution in [3.63, 3.8) is 0 Å². The van der Waals surface area contributed by atoms with Crippen LogP contribution in [0.5, 0.6) is 0 Å². The van der Waals surface area contributed by atoms with E-state index in [9.17, 15) is 9.18 Å². The Bertz CT molecular complexity index is 696. The molecule has 0 radical (unpaired) electrons. The Morgan fingerprint density at radius 2 is 2.04 bits per heavy atom. The highest BCUT2D eigenvalue weighted by Crippen LogP contribution is 2.53.